The van der Waals surface area contributed by atoms with E-state index in [1.165, 1.54) is 28.4 Å². The molecule has 0 unspecified atom stereocenters. The fraction of sp³-hybridized carbons (Fsp3) is 0.467. The van der Waals surface area contributed by atoms with Crippen molar-refractivity contribution in [3.8, 4) is 28.1 Å². The van der Waals surface area contributed by atoms with Gasteiger partial charge in [-0.05, 0) is 92.3 Å². The van der Waals surface area contributed by atoms with Crippen LogP contribution in [0.5, 0.6) is 5.75 Å². The average Bonchev–Trinajstić information content (AvgIpc) is 4.09. The maximum atomic E-state index is 14.0. The lowest BCUT2D eigenvalue weighted by atomic mass is 9.92. The molecule has 5 heterocycles. The van der Waals surface area contributed by atoms with Crippen molar-refractivity contribution in [1.29, 1.82) is 0 Å². The number of benzene rings is 3. The molecule has 17 nitrogen and oxygen atoms in total. The number of fused-ring (bicyclic) bond motifs is 6. The fourth-order valence-electron chi connectivity index (χ4n) is 9.43. The number of hydrogen-bond donors (Lipinski definition) is 4. The van der Waals surface area contributed by atoms with Crippen LogP contribution in [0.15, 0.2) is 48.7 Å². The third-order valence-electron chi connectivity index (χ3n) is 13.0. The maximum absolute atomic E-state index is 14.0. The zero-order chi connectivity index (χ0) is 44.1. The Bertz CT molecular complexity index is 2540. The minimum absolute atomic E-state index is 0.114. The van der Waals surface area contributed by atoms with Crippen molar-refractivity contribution in [2.45, 2.75) is 96.0 Å². The van der Waals surface area contributed by atoms with Gasteiger partial charge >= 0.3 is 12.2 Å². The molecule has 4 amide bonds. The van der Waals surface area contributed by atoms with Crippen molar-refractivity contribution in [3.63, 3.8) is 0 Å². The Kier molecular flexibility index (Phi) is 11.6. The number of carbonyl (C=O) groups is 4. The standard InChI is InChI=1S/C45H54N8O9/c1-22-15-35(52(20-22)42(54)37(24(3)59-6)50-44(56)61-8)41-47-32-13-11-26-17-31-29-12-10-27(16-28(29)21-62-36(31)18-30(26)38(32)49-41)33-19-46-40(48-33)34-14-9-23(2)53(34)43(55)39(25(4)60-7)51(5)45(57)58/h10-13,16-19,22-25,34-35,37,39H,9,14-15,20-21H2,1-8H3,(H,46,48)(H,47,49)(H,50,56)(H,57,58)/t22-,23-,24+,25+,34-,35-,37-,39-/m0/s1. The Morgan fingerprint density at radius 1 is 0.935 bits per heavy atom. The number of alkyl carbamates (subject to hydrolysis) is 1. The van der Waals surface area contributed by atoms with Gasteiger partial charge in [0.1, 0.15) is 36.1 Å². The molecule has 8 atom stereocenters. The van der Waals surface area contributed by atoms with Gasteiger partial charge in [0, 0.05) is 44.8 Å². The average molecular weight is 851 g/mol. The Morgan fingerprint density at radius 2 is 1.71 bits per heavy atom. The Labute approximate surface area is 359 Å². The van der Waals surface area contributed by atoms with Crippen molar-refractivity contribution in [2.75, 3.05) is 34.9 Å². The van der Waals surface area contributed by atoms with E-state index in [1.54, 1.807) is 29.8 Å². The highest BCUT2D eigenvalue weighted by Gasteiger charge is 2.44. The van der Waals surface area contributed by atoms with Crippen molar-refractivity contribution in [3.05, 3.63) is 65.9 Å². The molecule has 2 aromatic heterocycles. The number of ether oxygens (including phenoxy) is 4. The lowest BCUT2D eigenvalue weighted by molar-refractivity contribution is -0.143. The molecule has 2 fully saturated rings. The Morgan fingerprint density at radius 3 is 2.44 bits per heavy atom. The van der Waals surface area contributed by atoms with Crippen molar-refractivity contribution < 1.29 is 43.2 Å². The summed E-state index contributed by atoms with van der Waals surface area (Å²) in [7, 11) is 5.62. The molecule has 17 heteroatoms. The second-order valence-electron chi connectivity index (χ2n) is 16.9. The van der Waals surface area contributed by atoms with Gasteiger partial charge in [0.15, 0.2) is 0 Å². The highest BCUT2D eigenvalue weighted by Crippen LogP contribution is 2.44. The number of carboxylic acid groups (broad SMARTS) is 1. The van der Waals surface area contributed by atoms with Crippen LogP contribution in [0.4, 0.5) is 9.59 Å². The number of aromatic amines is 2. The number of carbonyl (C=O) groups excluding carboxylic acids is 3. The Balaban J connectivity index is 1.05. The molecule has 3 aromatic carbocycles. The monoisotopic (exact) mass is 850 g/mol. The summed E-state index contributed by atoms with van der Waals surface area (Å²) in [5.41, 5.74) is 6.35. The smallest absolute Gasteiger partial charge is 0.407 e. The molecule has 8 rings (SSSR count). The number of likely N-dealkylation sites (tertiary alicyclic amines) is 2. The number of imidazole rings is 2. The van der Waals surface area contributed by atoms with Gasteiger partial charge in [-0.25, -0.2) is 19.6 Å². The van der Waals surface area contributed by atoms with Crippen LogP contribution < -0.4 is 10.1 Å². The molecule has 62 heavy (non-hydrogen) atoms. The van der Waals surface area contributed by atoms with E-state index in [2.05, 4.69) is 40.4 Å². The SMILES string of the molecule is COC(=O)N[C@H](C(=O)N1C[C@@H](C)C[C@H]1c1nc2ccc3cc4c(cc3c2[nH]1)OCc1cc(-c2cnc([C@@H]3CC[C@H](C)N3C(=O)[C@H]([C@@H](C)OC)N(C)C(=O)O)[nH]2)ccc1-4)[C@@H](C)OC. The van der Waals surface area contributed by atoms with Crippen LogP contribution in [0.3, 0.4) is 0 Å². The van der Waals surface area contributed by atoms with Crippen LogP contribution >= 0.6 is 0 Å². The third kappa shape index (κ3) is 7.57. The molecule has 0 saturated carbocycles. The first-order valence-corrected chi connectivity index (χ1v) is 21.0. The minimum Gasteiger partial charge on any atom is -0.488 e. The number of nitrogens with zero attached hydrogens (tertiary/aromatic N) is 5. The summed E-state index contributed by atoms with van der Waals surface area (Å²) in [5.74, 6) is 1.68. The number of nitrogens with one attached hydrogen (secondary N) is 3. The summed E-state index contributed by atoms with van der Waals surface area (Å²) in [5, 5.41) is 14.3. The molecule has 0 bridgehead atoms. The number of methoxy groups -OCH3 is 3. The molecule has 0 aliphatic carbocycles. The highest BCUT2D eigenvalue weighted by molar-refractivity contribution is 6.07. The number of hydrogen-bond acceptors (Lipinski definition) is 10. The van der Waals surface area contributed by atoms with E-state index in [1.807, 2.05) is 31.2 Å². The number of rotatable bonds is 11. The van der Waals surface area contributed by atoms with Gasteiger partial charge in [-0.15, -0.1) is 0 Å². The zero-order valence-corrected chi connectivity index (χ0v) is 36.2. The predicted molar refractivity (Wildman–Crippen MR) is 229 cm³/mol. The number of aromatic nitrogens is 4. The normalized spacial score (nSPS) is 21.5. The molecule has 4 N–H and O–H groups in total. The van der Waals surface area contributed by atoms with Gasteiger partial charge in [-0.1, -0.05) is 25.1 Å². The van der Waals surface area contributed by atoms with E-state index >= 15 is 0 Å². The van der Waals surface area contributed by atoms with E-state index in [9.17, 15) is 24.3 Å². The van der Waals surface area contributed by atoms with Crippen LogP contribution in [0, 0.1) is 5.92 Å². The second-order valence-corrected chi connectivity index (χ2v) is 16.9. The summed E-state index contributed by atoms with van der Waals surface area (Å²) in [4.78, 5) is 73.4. The summed E-state index contributed by atoms with van der Waals surface area (Å²) in [6.45, 7) is 8.35. The van der Waals surface area contributed by atoms with Crippen molar-refractivity contribution in [1.82, 2.24) is 40.0 Å². The largest absolute Gasteiger partial charge is 0.488 e. The van der Waals surface area contributed by atoms with Gasteiger partial charge in [0.2, 0.25) is 11.8 Å². The summed E-state index contributed by atoms with van der Waals surface area (Å²) in [6, 6.07) is 11.7. The zero-order valence-electron chi connectivity index (χ0n) is 36.2. The van der Waals surface area contributed by atoms with Gasteiger partial charge in [0.25, 0.3) is 0 Å². The topological polar surface area (TPSA) is 205 Å². The van der Waals surface area contributed by atoms with Crippen LogP contribution in [0.2, 0.25) is 0 Å². The molecule has 2 saturated heterocycles. The van der Waals surface area contributed by atoms with E-state index in [-0.39, 0.29) is 35.9 Å². The number of amides is 4. The Hall–Kier alpha value is -6.20. The maximum Gasteiger partial charge on any atom is 0.407 e. The predicted octanol–water partition coefficient (Wildman–Crippen LogP) is 6.40. The van der Waals surface area contributed by atoms with Gasteiger partial charge < -0.3 is 49.1 Å². The van der Waals surface area contributed by atoms with Gasteiger partial charge in [-0.3, -0.25) is 14.5 Å². The van der Waals surface area contributed by atoms with E-state index < -0.39 is 36.5 Å². The molecule has 328 valence electrons. The molecule has 3 aliphatic rings. The highest BCUT2D eigenvalue weighted by atomic mass is 16.5. The number of likely N-dealkylation sites (N-methyl/N-ethyl adjacent to an activating group) is 1. The summed E-state index contributed by atoms with van der Waals surface area (Å²) >= 11 is 0. The molecular formula is C45H54N8O9. The van der Waals surface area contributed by atoms with Crippen LogP contribution in [-0.2, 0) is 30.4 Å². The van der Waals surface area contributed by atoms with Gasteiger partial charge in [-0.2, -0.15) is 0 Å². The van der Waals surface area contributed by atoms with Crippen LogP contribution in [0.1, 0.15) is 76.3 Å². The first-order valence-electron chi connectivity index (χ1n) is 21.0. The van der Waals surface area contributed by atoms with E-state index in [0.717, 1.165) is 66.8 Å². The number of H-pyrrole nitrogens is 2. The molecular weight excluding hydrogens is 797 g/mol. The van der Waals surface area contributed by atoms with Crippen LogP contribution in [0.25, 0.3) is 44.2 Å². The third-order valence-corrected chi connectivity index (χ3v) is 13.0. The first-order chi connectivity index (χ1) is 29.7. The van der Waals surface area contributed by atoms with E-state index in [0.29, 0.717) is 37.6 Å². The summed E-state index contributed by atoms with van der Waals surface area (Å²) in [6.07, 6.45) is 0.760. The lowest BCUT2D eigenvalue weighted by Crippen LogP contribution is -2.55. The van der Waals surface area contributed by atoms with Crippen molar-refractivity contribution >= 4 is 45.8 Å². The lowest BCUT2D eigenvalue weighted by Gasteiger charge is -2.36. The minimum atomic E-state index is -1.20. The molecule has 3 aliphatic heterocycles. The molecule has 0 spiro atoms. The van der Waals surface area contributed by atoms with Crippen LogP contribution in [-0.4, -0.2) is 129 Å². The molecule has 0 radical (unpaired) electrons. The quantitative estimate of drug-likeness (QED) is 0.115. The van der Waals surface area contributed by atoms with E-state index in [4.69, 9.17) is 28.9 Å². The van der Waals surface area contributed by atoms with Gasteiger partial charge in [0.05, 0.1) is 54.3 Å². The second kappa shape index (κ2) is 16.9. The fourth-order valence-corrected chi connectivity index (χ4v) is 9.43. The summed E-state index contributed by atoms with van der Waals surface area (Å²) < 4.78 is 22.1. The van der Waals surface area contributed by atoms with Crippen molar-refractivity contribution in [2.24, 2.45) is 5.92 Å². The molecule has 5 aromatic rings. The first kappa shape index (κ1) is 42.5.